The summed E-state index contributed by atoms with van der Waals surface area (Å²) in [6.45, 7) is 22.3. The standard InChI is InChI=1S/C41H66N6O10SSi2/c1-27-24-47(38(51)46(35(27)49)22-16-20-44-34(48)30-19-15-21-45(30)36(50)29(42)23-28-17-13-12-14-18-28)37-33(56-60(10,11)40(5,6)7)41(31(43)26-58(52,53)57-41)32(55-37)25-54-59(8,9)39(2,3)4/h12-14,17-18,24,26,29-30,32-33,37H,15-16,19-23,25,42-43H2,1-11H3,(H,44,48)/t29-,30-,32?,33?,37?,41?/m0/s1. The molecular weight excluding hydrogens is 825 g/mol. The second kappa shape index (κ2) is 17.4. The predicted octanol–water partition coefficient (Wildman–Crippen LogP) is 3.59. The Kier molecular flexibility index (Phi) is 13.8. The summed E-state index contributed by atoms with van der Waals surface area (Å²) in [4.78, 5) is 56.3. The second-order valence-corrected chi connectivity index (χ2v) is 30.4. The maximum atomic E-state index is 14.5. The van der Waals surface area contributed by atoms with Crippen molar-refractivity contribution < 1.29 is 35.8 Å². The third-order valence-corrected chi connectivity index (χ3v) is 23.0. The van der Waals surface area contributed by atoms with Gasteiger partial charge < -0.3 is 35.3 Å². The molecule has 0 bridgehead atoms. The van der Waals surface area contributed by atoms with Crippen LogP contribution in [0.1, 0.15) is 78.2 Å². The molecule has 0 saturated carbocycles. The molecule has 60 heavy (non-hydrogen) atoms. The SMILES string of the molecule is Cc1cn(C2OC(CO[Si](C)(C)C(C)(C)C)C3(OS(=O)(=O)C=C3N)C2O[Si](C)(C)C(C)(C)C)c(=O)n(CCCNC(=O)[C@@H]2CCCN2C(=O)[C@@H](N)Cc2ccccc2)c1=O. The van der Waals surface area contributed by atoms with Crippen molar-refractivity contribution in [3.8, 4) is 0 Å². The number of carbonyl (C=O) groups excluding carboxylic acids is 2. The number of rotatable bonds is 14. The van der Waals surface area contributed by atoms with Crippen molar-refractivity contribution in [2.75, 3.05) is 19.7 Å². The Bertz CT molecular complexity index is 2180. The zero-order valence-electron chi connectivity index (χ0n) is 37.1. The molecule has 0 radical (unpaired) electrons. The van der Waals surface area contributed by atoms with Gasteiger partial charge in [0.15, 0.2) is 28.5 Å². The van der Waals surface area contributed by atoms with Crippen LogP contribution in [0.2, 0.25) is 36.3 Å². The molecule has 3 aliphatic rings. The highest BCUT2D eigenvalue weighted by molar-refractivity contribution is 7.90. The molecular formula is C41H66N6O10SSi2. The normalized spacial score (nSPS) is 25.1. The smallest absolute Gasteiger partial charge is 0.333 e. The van der Waals surface area contributed by atoms with Crippen molar-refractivity contribution in [2.45, 2.75) is 153 Å². The van der Waals surface area contributed by atoms with Crippen molar-refractivity contribution in [2.24, 2.45) is 11.5 Å². The Morgan fingerprint density at radius 2 is 1.67 bits per heavy atom. The fourth-order valence-electron chi connectivity index (χ4n) is 7.39. The molecule has 2 aromatic rings. The van der Waals surface area contributed by atoms with Crippen LogP contribution in [0.15, 0.2) is 57.2 Å². The van der Waals surface area contributed by atoms with E-state index >= 15 is 0 Å². The van der Waals surface area contributed by atoms with Gasteiger partial charge in [-0.3, -0.25) is 23.5 Å². The van der Waals surface area contributed by atoms with Gasteiger partial charge in [0.25, 0.3) is 15.7 Å². The molecule has 334 valence electrons. The van der Waals surface area contributed by atoms with E-state index < -0.39 is 74.1 Å². The number of nitrogens with one attached hydrogen (secondary N) is 1. The van der Waals surface area contributed by atoms with E-state index in [1.165, 1.54) is 15.7 Å². The summed E-state index contributed by atoms with van der Waals surface area (Å²) in [5, 5.41) is 3.18. The molecule has 5 rings (SSSR count). The number of amides is 2. The van der Waals surface area contributed by atoms with E-state index in [1.807, 2.05) is 64.2 Å². The fraction of sp³-hybridized carbons (Fsp3) is 0.659. The van der Waals surface area contributed by atoms with Gasteiger partial charge in [-0.1, -0.05) is 71.9 Å². The molecule has 6 atom stereocenters. The second-order valence-electron chi connectivity index (χ2n) is 19.4. The average Bonchev–Trinajstić information content (AvgIpc) is 3.81. The van der Waals surface area contributed by atoms with E-state index in [9.17, 15) is 27.6 Å². The van der Waals surface area contributed by atoms with E-state index in [0.717, 1.165) is 15.5 Å². The Hall–Kier alpha value is -3.44. The summed E-state index contributed by atoms with van der Waals surface area (Å²) in [7, 11) is -9.54. The first-order chi connectivity index (χ1) is 27.6. The Balaban J connectivity index is 1.41. The molecule has 4 heterocycles. The number of aromatic nitrogens is 2. The van der Waals surface area contributed by atoms with E-state index in [1.54, 1.807) is 6.92 Å². The molecule has 1 aromatic heterocycles. The number of aryl methyl sites for hydroxylation is 1. The van der Waals surface area contributed by atoms with Gasteiger partial charge in [-0.05, 0) is 74.4 Å². The number of hydrogen-bond acceptors (Lipinski definition) is 12. The van der Waals surface area contributed by atoms with Gasteiger partial charge in [0, 0.05) is 31.4 Å². The van der Waals surface area contributed by atoms with Gasteiger partial charge in [-0.25, -0.2) is 8.98 Å². The highest BCUT2D eigenvalue weighted by Gasteiger charge is 2.67. The minimum absolute atomic E-state index is 0.0641. The summed E-state index contributed by atoms with van der Waals surface area (Å²) in [5.41, 5.74) is 10.8. The molecule has 3 aliphatic heterocycles. The lowest BCUT2D eigenvalue weighted by Gasteiger charge is -2.43. The zero-order chi connectivity index (χ0) is 44.8. The van der Waals surface area contributed by atoms with Gasteiger partial charge in [0.2, 0.25) is 11.8 Å². The molecule has 2 saturated heterocycles. The number of nitrogens with two attached hydrogens (primary N) is 2. The highest BCUT2D eigenvalue weighted by atomic mass is 32.2. The number of benzene rings is 1. The summed E-state index contributed by atoms with van der Waals surface area (Å²) in [5.74, 6) is -0.623. The van der Waals surface area contributed by atoms with Crippen LogP contribution >= 0.6 is 0 Å². The molecule has 0 aliphatic carbocycles. The Morgan fingerprint density at radius 3 is 2.25 bits per heavy atom. The lowest BCUT2D eigenvalue weighted by molar-refractivity contribution is -0.139. The summed E-state index contributed by atoms with van der Waals surface area (Å²) in [6.07, 6.45) is -0.569. The molecule has 2 fully saturated rings. The zero-order valence-corrected chi connectivity index (χ0v) is 39.9. The molecule has 1 spiro atoms. The average molecular weight is 891 g/mol. The van der Waals surface area contributed by atoms with Crippen LogP contribution in [0.25, 0.3) is 0 Å². The minimum Gasteiger partial charge on any atom is -0.414 e. The van der Waals surface area contributed by atoms with E-state index in [4.69, 9.17) is 29.2 Å². The molecule has 4 unspecified atom stereocenters. The first-order valence-electron chi connectivity index (χ1n) is 20.7. The Labute approximate surface area is 356 Å². The van der Waals surface area contributed by atoms with Crippen molar-refractivity contribution in [3.63, 3.8) is 0 Å². The molecule has 1 aromatic carbocycles. The molecule has 5 N–H and O–H groups in total. The van der Waals surface area contributed by atoms with Crippen LogP contribution in [0.4, 0.5) is 0 Å². The van der Waals surface area contributed by atoms with Crippen LogP contribution in [0, 0.1) is 6.92 Å². The van der Waals surface area contributed by atoms with Crippen LogP contribution < -0.4 is 28.0 Å². The lowest BCUT2D eigenvalue weighted by Crippen LogP contribution is -2.59. The van der Waals surface area contributed by atoms with Gasteiger partial charge in [-0.2, -0.15) is 8.42 Å². The number of ether oxygens (including phenoxy) is 1. The molecule has 19 heteroatoms. The number of nitrogens with zero attached hydrogens (tertiary/aromatic N) is 3. The molecule has 16 nitrogen and oxygen atoms in total. The number of likely N-dealkylation sites (tertiary alicyclic amines) is 1. The lowest BCUT2D eigenvalue weighted by atomic mass is 9.89. The Morgan fingerprint density at radius 1 is 1.03 bits per heavy atom. The summed E-state index contributed by atoms with van der Waals surface area (Å²) < 4.78 is 55.0. The monoisotopic (exact) mass is 890 g/mol. The maximum absolute atomic E-state index is 14.5. The topological polar surface area (TPSA) is 217 Å². The number of carbonyl (C=O) groups is 2. The van der Waals surface area contributed by atoms with Crippen LogP contribution in [0.5, 0.6) is 0 Å². The maximum Gasteiger partial charge on any atom is 0.333 e. The van der Waals surface area contributed by atoms with Crippen molar-refractivity contribution in [1.29, 1.82) is 0 Å². The quantitative estimate of drug-likeness (QED) is 0.141. The third kappa shape index (κ3) is 9.62. The van der Waals surface area contributed by atoms with Gasteiger partial charge in [-0.15, -0.1) is 0 Å². The fourth-order valence-corrected chi connectivity index (χ4v) is 10.9. The van der Waals surface area contributed by atoms with Crippen LogP contribution in [0.3, 0.4) is 0 Å². The van der Waals surface area contributed by atoms with Crippen LogP contribution in [-0.4, -0.2) is 100 Å². The van der Waals surface area contributed by atoms with E-state index in [-0.39, 0.29) is 59.3 Å². The van der Waals surface area contributed by atoms with Crippen LogP contribution in [-0.2, 0) is 50.4 Å². The third-order valence-electron chi connectivity index (χ3n) is 13.0. The first-order valence-corrected chi connectivity index (χ1v) is 28.0. The molecule has 2 amide bonds. The summed E-state index contributed by atoms with van der Waals surface area (Å²) >= 11 is 0. The van der Waals surface area contributed by atoms with E-state index in [2.05, 4.69) is 39.2 Å². The minimum atomic E-state index is -4.30. The van der Waals surface area contributed by atoms with Gasteiger partial charge in [0.1, 0.15) is 18.2 Å². The summed E-state index contributed by atoms with van der Waals surface area (Å²) in [6, 6.07) is 7.99. The number of hydrogen-bond donors (Lipinski definition) is 3. The highest BCUT2D eigenvalue weighted by Crippen LogP contribution is 2.52. The largest absolute Gasteiger partial charge is 0.414 e. The van der Waals surface area contributed by atoms with Crippen molar-refractivity contribution in [3.05, 3.63) is 79.6 Å². The van der Waals surface area contributed by atoms with Gasteiger partial charge in [0.05, 0.1) is 23.8 Å². The van der Waals surface area contributed by atoms with Crippen molar-refractivity contribution >= 4 is 38.6 Å². The van der Waals surface area contributed by atoms with E-state index in [0.29, 0.717) is 25.8 Å². The first kappa shape index (κ1) is 47.6. The van der Waals surface area contributed by atoms with Gasteiger partial charge >= 0.3 is 5.69 Å². The van der Waals surface area contributed by atoms with Crippen molar-refractivity contribution in [1.82, 2.24) is 19.4 Å². The predicted molar refractivity (Wildman–Crippen MR) is 234 cm³/mol.